The molecule has 1 saturated heterocycles. The van der Waals surface area contributed by atoms with Crippen molar-refractivity contribution in [2.75, 3.05) is 18.6 Å². The molecule has 5 nitrogen and oxygen atoms in total. The minimum absolute atomic E-state index is 0.0228. The van der Waals surface area contributed by atoms with Gasteiger partial charge < -0.3 is 14.7 Å². The third-order valence-electron chi connectivity index (χ3n) is 2.76. The number of methoxy groups -OCH3 is 1. The molecule has 1 heterocycles. The number of amides is 1. The van der Waals surface area contributed by atoms with Crippen LogP contribution in [0.5, 0.6) is 5.75 Å². The molecule has 90 valence electrons. The number of benzene rings is 1. The van der Waals surface area contributed by atoms with Gasteiger partial charge in [0.1, 0.15) is 5.75 Å². The Bertz CT molecular complexity index is 470. The van der Waals surface area contributed by atoms with Crippen molar-refractivity contribution in [3.05, 3.63) is 23.8 Å². The Morgan fingerprint density at radius 2 is 2.18 bits per heavy atom. The van der Waals surface area contributed by atoms with Crippen molar-refractivity contribution in [1.29, 1.82) is 0 Å². The van der Waals surface area contributed by atoms with Crippen LogP contribution in [-0.4, -0.2) is 30.6 Å². The summed E-state index contributed by atoms with van der Waals surface area (Å²) in [5.41, 5.74) is 0.711. The van der Waals surface area contributed by atoms with Crippen molar-refractivity contribution in [2.45, 2.75) is 12.8 Å². The maximum atomic E-state index is 11.6. The molecule has 1 fully saturated rings. The third-order valence-corrected chi connectivity index (χ3v) is 2.76. The Morgan fingerprint density at radius 3 is 2.71 bits per heavy atom. The van der Waals surface area contributed by atoms with Crippen LogP contribution >= 0.6 is 0 Å². The molecular weight excluding hydrogens is 222 g/mol. The maximum absolute atomic E-state index is 11.6. The number of carboxylic acids is 1. The molecule has 1 N–H and O–H groups in total. The van der Waals surface area contributed by atoms with Gasteiger partial charge >= 0.3 is 5.97 Å². The zero-order chi connectivity index (χ0) is 12.4. The molecule has 1 aliphatic rings. The predicted molar refractivity (Wildman–Crippen MR) is 61.5 cm³/mol. The van der Waals surface area contributed by atoms with Gasteiger partial charge in [-0.1, -0.05) is 0 Å². The van der Waals surface area contributed by atoms with Gasteiger partial charge in [-0.3, -0.25) is 4.79 Å². The molecule has 1 amide bonds. The lowest BCUT2D eigenvalue weighted by molar-refractivity contribution is -0.117. The largest absolute Gasteiger partial charge is 0.497 e. The molecular formula is C12H13NO4. The summed E-state index contributed by atoms with van der Waals surface area (Å²) in [4.78, 5) is 24.1. The molecule has 0 spiro atoms. The van der Waals surface area contributed by atoms with Gasteiger partial charge in [0.2, 0.25) is 5.91 Å². The van der Waals surface area contributed by atoms with Gasteiger partial charge in [0.05, 0.1) is 12.7 Å². The van der Waals surface area contributed by atoms with E-state index in [9.17, 15) is 9.59 Å². The number of aromatic carboxylic acids is 1. The van der Waals surface area contributed by atoms with Crippen LogP contribution in [0.2, 0.25) is 0 Å². The van der Waals surface area contributed by atoms with E-state index in [-0.39, 0.29) is 11.5 Å². The highest BCUT2D eigenvalue weighted by Gasteiger charge is 2.23. The number of anilines is 1. The molecule has 17 heavy (non-hydrogen) atoms. The fourth-order valence-electron chi connectivity index (χ4n) is 1.90. The summed E-state index contributed by atoms with van der Waals surface area (Å²) in [5.74, 6) is -0.564. The Labute approximate surface area is 98.6 Å². The van der Waals surface area contributed by atoms with E-state index in [1.807, 2.05) is 0 Å². The number of carboxylic acid groups (broad SMARTS) is 1. The molecule has 0 radical (unpaired) electrons. The van der Waals surface area contributed by atoms with Crippen LogP contribution in [0.25, 0.3) is 0 Å². The first kappa shape index (κ1) is 11.4. The van der Waals surface area contributed by atoms with E-state index in [1.54, 1.807) is 11.0 Å². The predicted octanol–water partition coefficient (Wildman–Crippen LogP) is 1.52. The summed E-state index contributed by atoms with van der Waals surface area (Å²) in [6.45, 7) is 0.630. The molecule has 0 saturated carbocycles. The molecule has 1 aliphatic heterocycles. The van der Waals surface area contributed by atoms with E-state index in [0.717, 1.165) is 6.42 Å². The van der Waals surface area contributed by atoms with Gasteiger partial charge in [0.15, 0.2) is 0 Å². The normalized spacial score (nSPS) is 15.1. The topological polar surface area (TPSA) is 66.8 Å². The molecule has 1 aromatic rings. The Morgan fingerprint density at radius 1 is 1.41 bits per heavy atom. The Balaban J connectivity index is 2.42. The van der Waals surface area contributed by atoms with Gasteiger partial charge in [-0.2, -0.15) is 0 Å². The Kier molecular flexibility index (Phi) is 2.99. The monoisotopic (exact) mass is 235 g/mol. The lowest BCUT2D eigenvalue weighted by atomic mass is 10.1. The number of ether oxygens (including phenoxy) is 1. The quantitative estimate of drug-likeness (QED) is 0.862. The summed E-state index contributed by atoms with van der Waals surface area (Å²) in [6, 6.07) is 4.61. The molecule has 0 atom stereocenters. The second-order valence-electron chi connectivity index (χ2n) is 3.87. The van der Waals surface area contributed by atoms with Crippen molar-refractivity contribution < 1.29 is 19.4 Å². The van der Waals surface area contributed by atoms with Crippen molar-refractivity contribution in [3.63, 3.8) is 0 Å². The van der Waals surface area contributed by atoms with Crippen LogP contribution in [0.3, 0.4) is 0 Å². The molecule has 0 aliphatic carbocycles. The molecule has 5 heteroatoms. The third kappa shape index (κ3) is 2.22. The fourth-order valence-corrected chi connectivity index (χ4v) is 1.90. The number of carbonyl (C=O) groups is 2. The van der Waals surface area contributed by atoms with Crippen molar-refractivity contribution in [2.24, 2.45) is 0 Å². The first-order valence-corrected chi connectivity index (χ1v) is 5.34. The van der Waals surface area contributed by atoms with Crippen molar-refractivity contribution in [3.8, 4) is 5.75 Å². The number of rotatable bonds is 3. The average Bonchev–Trinajstić information content (AvgIpc) is 2.74. The second kappa shape index (κ2) is 4.45. The van der Waals surface area contributed by atoms with Gasteiger partial charge in [0.25, 0.3) is 0 Å². The van der Waals surface area contributed by atoms with Crippen LogP contribution in [0.1, 0.15) is 23.2 Å². The van der Waals surface area contributed by atoms with E-state index in [0.29, 0.717) is 24.4 Å². The Hall–Kier alpha value is -2.04. The van der Waals surface area contributed by atoms with Crippen LogP contribution in [-0.2, 0) is 4.79 Å². The van der Waals surface area contributed by atoms with Gasteiger partial charge in [-0.05, 0) is 18.6 Å². The summed E-state index contributed by atoms with van der Waals surface area (Å²) >= 11 is 0. The molecule has 2 rings (SSSR count). The minimum Gasteiger partial charge on any atom is -0.497 e. The van der Waals surface area contributed by atoms with Crippen LogP contribution < -0.4 is 9.64 Å². The molecule has 0 aromatic heterocycles. The SMILES string of the molecule is COc1cc(C(=O)O)cc(N2CCCC2=O)c1. The summed E-state index contributed by atoms with van der Waals surface area (Å²) < 4.78 is 5.04. The van der Waals surface area contributed by atoms with Gasteiger partial charge in [0, 0.05) is 24.7 Å². The van der Waals surface area contributed by atoms with E-state index >= 15 is 0 Å². The lowest BCUT2D eigenvalue weighted by Gasteiger charge is -2.17. The summed E-state index contributed by atoms with van der Waals surface area (Å²) in [5, 5.41) is 8.98. The second-order valence-corrected chi connectivity index (χ2v) is 3.87. The molecule has 1 aromatic carbocycles. The minimum atomic E-state index is -1.03. The van der Waals surface area contributed by atoms with E-state index < -0.39 is 5.97 Å². The number of carbonyl (C=O) groups excluding carboxylic acids is 1. The average molecular weight is 235 g/mol. The van der Waals surface area contributed by atoms with Crippen LogP contribution in [0.15, 0.2) is 18.2 Å². The van der Waals surface area contributed by atoms with E-state index in [2.05, 4.69) is 0 Å². The molecule has 0 unspecified atom stereocenters. The number of nitrogens with zero attached hydrogens (tertiary/aromatic N) is 1. The number of hydrogen-bond acceptors (Lipinski definition) is 3. The summed E-state index contributed by atoms with van der Waals surface area (Å²) in [6.07, 6.45) is 1.32. The zero-order valence-corrected chi connectivity index (χ0v) is 9.47. The highest BCUT2D eigenvalue weighted by atomic mass is 16.5. The van der Waals surface area contributed by atoms with Crippen molar-refractivity contribution >= 4 is 17.6 Å². The smallest absolute Gasteiger partial charge is 0.335 e. The standard InChI is InChI=1S/C12H13NO4/c1-17-10-6-8(12(15)16)5-9(7-10)13-4-2-3-11(13)14/h5-7H,2-4H2,1H3,(H,15,16). The summed E-state index contributed by atoms with van der Waals surface area (Å²) in [7, 11) is 1.47. The first-order chi connectivity index (χ1) is 8.11. The number of hydrogen-bond donors (Lipinski definition) is 1. The fraction of sp³-hybridized carbons (Fsp3) is 0.333. The van der Waals surface area contributed by atoms with E-state index in [4.69, 9.17) is 9.84 Å². The van der Waals surface area contributed by atoms with Crippen LogP contribution in [0, 0.1) is 0 Å². The van der Waals surface area contributed by atoms with Crippen molar-refractivity contribution in [1.82, 2.24) is 0 Å². The first-order valence-electron chi connectivity index (χ1n) is 5.34. The van der Waals surface area contributed by atoms with Gasteiger partial charge in [-0.15, -0.1) is 0 Å². The zero-order valence-electron chi connectivity index (χ0n) is 9.47. The van der Waals surface area contributed by atoms with E-state index in [1.165, 1.54) is 19.2 Å². The highest BCUT2D eigenvalue weighted by Crippen LogP contribution is 2.27. The van der Waals surface area contributed by atoms with Crippen LogP contribution in [0.4, 0.5) is 5.69 Å². The van der Waals surface area contributed by atoms with Gasteiger partial charge in [-0.25, -0.2) is 4.79 Å². The highest BCUT2D eigenvalue weighted by molar-refractivity contribution is 5.97. The molecule has 0 bridgehead atoms. The lowest BCUT2D eigenvalue weighted by Crippen LogP contribution is -2.24. The maximum Gasteiger partial charge on any atom is 0.335 e.